The Labute approximate surface area is 172 Å². The Hall–Kier alpha value is -1.72. The number of benzene rings is 1. The normalized spacial score (nSPS) is 17.2. The van der Waals surface area contributed by atoms with E-state index in [1.54, 1.807) is 11.3 Å². The fourth-order valence-corrected chi connectivity index (χ4v) is 5.17. The molecule has 0 bridgehead atoms. The van der Waals surface area contributed by atoms with Gasteiger partial charge in [0, 0.05) is 23.9 Å². The van der Waals surface area contributed by atoms with Crippen molar-refractivity contribution < 1.29 is 9.53 Å². The summed E-state index contributed by atoms with van der Waals surface area (Å²) in [4.78, 5) is 17.2. The standard InChI is InChI=1S/C23H32N2O2S/c1-4-27-18(3)22-25-19(15-28-22)14-21(26)24-16-23(12-8-5-9-13-23)20-11-7-6-10-17(20)2/h6-7,10-11,15,18H,4-5,8-9,12-14,16H2,1-3H3,(H,24,26). The van der Waals surface area contributed by atoms with Crippen LogP contribution in [0.3, 0.4) is 0 Å². The molecule has 1 atom stereocenters. The SMILES string of the molecule is CCOC(C)c1nc(CC(=O)NCC2(c3ccccc3C)CCCCC2)cs1. The van der Waals surface area contributed by atoms with E-state index in [4.69, 9.17) is 4.74 Å². The van der Waals surface area contributed by atoms with E-state index >= 15 is 0 Å². The lowest BCUT2D eigenvalue weighted by Gasteiger charge is -2.39. The number of nitrogens with zero attached hydrogens (tertiary/aromatic N) is 1. The van der Waals surface area contributed by atoms with Crippen LogP contribution in [0.15, 0.2) is 29.6 Å². The van der Waals surface area contributed by atoms with Gasteiger partial charge < -0.3 is 10.1 Å². The van der Waals surface area contributed by atoms with Crippen molar-refractivity contribution >= 4 is 17.2 Å². The molecule has 1 N–H and O–H groups in total. The number of amides is 1. The molecule has 1 aromatic heterocycles. The van der Waals surface area contributed by atoms with E-state index in [0.717, 1.165) is 23.5 Å². The molecule has 152 valence electrons. The number of carbonyl (C=O) groups is 1. The zero-order chi connectivity index (χ0) is 20.0. The molecule has 1 aliphatic rings. The summed E-state index contributed by atoms with van der Waals surface area (Å²) >= 11 is 1.57. The topological polar surface area (TPSA) is 51.2 Å². The van der Waals surface area contributed by atoms with Gasteiger partial charge in [-0.25, -0.2) is 4.98 Å². The highest BCUT2D eigenvalue weighted by Crippen LogP contribution is 2.40. The van der Waals surface area contributed by atoms with Crippen molar-refractivity contribution in [1.82, 2.24) is 10.3 Å². The summed E-state index contributed by atoms with van der Waals surface area (Å²) in [5.74, 6) is 0.0550. The minimum absolute atomic E-state index is 0.0154. The Morgan fingerprint density at radius 2 is 2.04 bits per heavy atom. The fraction of sp³-hybridized carbons (Fsp3) is 0.565. The number of hydrogen-bond acceptors (Lipinski definition) is 4. The van der Waals surface area contributed by atoms with Gasteiger partial charge in [-0.2, -0.15) is 0 Å². The van der Waals surface area contributed by atoms with Crippen molar-refractivity contribution in [2.75, 3.05) is 13.2 Å². The van der Waals surface area contributed by atoms with E-state index in [1.807, 2.05) is 19.2 Å². The third kappa shape index (κ3) is 5.00. The average molecular weight is 401 g/mol. The van der Waals surface area contributed by atoms with E-state index in [-0.39, 0.29) is 17.4 Å². The second-order valence-corrected chi connectivity index (χ2v) is 8.77. The molecule has 4 nitrogen and oxygen atoms in total. The first-order valence-corrected chi connectivity index (χ1v) is 11.3. The van der Waals surface area contributed by atoms with Crippen molar-refractivity contribution in [3.63, 3.8) is 0 Å². The van der Waals surface area contributed by atoms with E-state index in [0.29, 0.717) is 19.6 Å². The maximum atomic E-state index is 12.6. The molecule has 1 aliphatic carbocycles. The predicted molar refractivity (Wildman–Crippen MR) is 115 cm³/mol. The van der Waals surface area contributed by atoms with Crippen molar-refractivity contribution in [3.8, 4) is 0 Å². The van der Waals surface area contributed by atoms with E-state index in [9.17, 15) is 4.79 Å². The van der Waals surface area contributed by atoms with Crippen LogP contribution in [0.25, 0.3) is 0 Å². The third-order valence-electron chi connectivity index (χ3n) is 5.83. The van der Waals surface area contributed by atoms with Crippen LogP contribution in [-0.4, -0.2) is 24.0 Å². The van der Waals surface area contributed by atoms with Gasteiger partial charge in [0.2, 0.25) is 5.91 Å². The van der Waals surface area contributed by atoms with Crippen LogP contribution < -0.4 is 5.32 Å². The molecule has 1 fully saturated rings. The smallest absolute Gasteiger partial charge is 0.226 e. The summed E-state index contributed by atoms with van der Waals surface area (Å²) in [6.45, 7) is 7.54. The van der Waals surface area contributed by atoms with Crippen molar-refractivity contribution in [2.24, 2.45) is 0 Å². The second-order valence-electron chi connectivity index (χ2n) is 7.88. The molecule has 1 aromatic carbocycles. The lowest BCUT2D eigenvalue weighted by molar-refractivity contribution is -0.120. The largest absolute Gasteiger partial charge is 0.372 e. The maximum absolute atomic E-state index is 12.6. The minimum atomic E-state index is -0.0154. The van der Waals surface area contributed by atoms with Gasteiger partial charge in [-0.3, -0.25) is 4.79 Å². The summed E-state index contributed by atoms with van der Waals surface area (Å²) in [5.41, 5.74) is 3.62. The first kappa shape index (κ1) is 21.0. The van der Waals surface area contributed by atoms with Crippen LogP contribution in [0.4, 0.5) is 0 Å². The molecule has 1 heterocycles. The Kier molecular flexibility index (Phi) is 7.24. The number of nitrogens with one attached hydrogen (secondary N) is 1. The number of aryl methyl sites for hydroxylation is 1. The maximum Gasteiger partial charge on any atom is 0.226 e. The van der Waals surface area contributed by atoms with Crippen LogP contribution in [0.1, 0.15) is 73.9 Å². The molecule has 0 aliphatic heterocycles. The van der Waals surface area contributed by atoms with E-state index in [1.165, 1.54) is 30.4 Å². The number of thiazole rings is 1. The summed E-state index contributed by atoms with van der Waals surface area (Å²) in [7, 11) is 0. The number of aromatic nitrogens is 1. The zero-order valence-electron chi connectivity index (χ0n) is 17.3. The number of ether oxygens (including phenoxy) is 1. The van der Waals surface area contributed by atoms with Gasteiger partial charge in [0.15, 0.2) is 0 Å². The zero-order valence-corrected chi connectivity index (χ0v) is 18.1. The van der Waals surface area contributed by atoms with E-state index < -0.39 is 0 Å². The van der Waals surface area contributed by atoms with Gasteiger partial charge in [0.25, 0.3) is 0 Å². The summed E-state index contributed by atoms with van der Waals surface area (Å²) < 4.78 is 5.59. The van der Waals surface area contributed by atoms with Crippen LogP contribution in [0, 0.1) is 6.92 Å². The molecule has 3 rings (SSSR count). The number of rotatable bonds is 8. The lowest BCUT2D eigenvalue weighted by Crippen LogP contribution is -2.43. The van der Waals surface area contributed by atoms with E-state index in [2.05, 4.69) is 41.5 Å². The molecule has 0 saturated heterocycles. The molecule has 5 heteroatoms. The van der Waals surface area contributed by atoms with Crippen molar-refractivity contribution in [1.29, 1.82) is 0 Å². The molecule has 28 heavy (non-hydrogen) atoms. The van der Waals surface area contributed by atoms with Crippen molar-refractivity contribution in [3.05, 3.63) is 51.5 Å². The lowest BCUT2D eigenvalue weighted by atomic mass is 9.68. The Bertz CT molecular complexity index is 780. The Balaban J connectivity index is 1.64. The summed E-state index contributed by atoms with van der Waals surface area (Å²) in [6, 6.07) is 8.65. The summed E-state index contributed by atoms with van der Waals surface area (Å²) in [5, 5.41) is 6.14. The summed E-state index contributed by atoms with van der Waals surface area (Å²) in [6.07, 6.45) is 6.36. The second kappa shape index (κ2) is 9.66. The van der Waals surface area contributed by atoms with Gasteiger partial charge in [-0.05, 0) is 44.7 Å². The van der Waals surface area contributed by atoms with Crippen LogP contribution in [0.2, 0.25) is 0 Å². The highest BCUT2D eigenvalue weighted by atomic mass is 32.1. The quantitative estimate of drug-likeness (QED) is 0.670. The molecule has 1 unspecified atom stereocenters. The van der Waals surface area contributed by atoms with Crippen LogP contribution in [0.5, 0.6) is 0 Å². The molecule has 2 aromatic rings. The molecule has 0 radical (unpaired) electrons. The van der Waals surface area contributed by atoms with Gasteiger partial charge in [0.1, 0.15) is 11.1 Å². The van der Waals surface area contributed by atoms with Gasteiger partial charge in [-0.1, -0.05) is 43.5 Å². The molecule has 1 amide bonds. The number of carbonyl (C=O) groups excluding carboxylic acids is 1. The fourth-order valence-electron chi connectivity index (χ4n) is 4.34. The highest BCUT2D eigenvalue weighted by molar-refractivity contribution is 7.09. The monoisotopic (exact) mass is 400 g/mol. The number of hydrogen-bond donors (Lipinski definition) is 1. The first-order valence-electron chi connectivity index (χ1n) is 10.4. The predicted octanol–water partition coefficient (Wildman–Crippen LogP) is 5.11. The third-order valence-corrected chi connectivity index (χ3v) is 6.88. The van der Waals surface area contributed by atoms with Gasteiger partial charge >= 0.3 is 0 Å². The molecular weight excluding hydrogens is 368 g/mol. The molecule has 0 spiro atoms. The highest BCUT2D eigenvalue weighted by Gasteiger charge is 2.35. The average Bonchev–Trinajstić information content (AvgIpc) is 3.16. The molecule has 1 saturated carbocycles. The first-order chi connectivity index (χ1) is 13.5. The van der Waals surface area contributed by atoms with Gasteiger partial charge in [-0.15, -0.1) is 11.3 Å². The van der Waals surface area contributed by atoms with Crippen LogP contribution in [-0.2, 0) is 21.4 Å². The Morgan fingerprint density at radius 3 is 2.75 bits per heavy atom. The minimum Gasteiger partial charge on any atom is -0.372 e. The van der Waals surface area contributed by atoms with Crippen LogP contribution >= 0.6 is 11.3 Å². The van der Waals surface area contributed by atoms with Crippen molar-refractivity contribution in [2.45, 2.75) is 70.8 Å². The molecular formula is C23H32N2O2S. The van der Waals surface area contributed by atoms with Gasteiger partial charge in [0.05, 0.1) is 12.1 Å². The Morgan fingerprint density at radius 1 is 1.29 bits per heavy atom.